The van der Waals surface area contributed by atoms with Crippen LogP contribution < -0.4 is 40.0 Å². The Morgan fingerprint density at radius 1 is 1.50 bits per heavy atom. The van der Waals surface area contributed by atoms with Gasteiger partial charge in [-0.05, 0) is 6.07 Å². The van der Waals surface area contributed by atoms with Crippen molar-refractivity contribution in [1.82, 2.24) is 0 Å². The number of primary amides is 1. The van der Waals surface area contributed by atoms with E-state index in [-0.39, 0.29) is 24.0 Å². The van der Waals surface area contributed by atoms with Crippen LogP contribution in [0, 0.1) is 0 Å². The normalized spacial score (nSPS) is 8.75. The SMILES string of the molecule is C[n+]1cc(C(N)=O)ccc1N.[I-]. The molecule has 1 rings (SSSR count). The first kappa shape index (κ1) is 11.2. The van der Waals surface area contributed by atoms with Gasteiger partial charge in [-0.1, -0.05) is 0 Å². The molecule has 66 valence electrons. The van der Waals surface area contributed by atoms with Crippen LogP contribution >= 0.6 is 0 Å². The monoisotopic (exact) mass is 279 g/mol. The molecule has 0 aromatic carbocycles. The van der Waals surface area contributed by atoms with Crippen LogP contribution in [0.3, 0.4) is 0 Å². The number of nitrogens with two attached hydrogens (primary N) is 2. The number of aryl methyl sites for hydroxylation is 1. The van der Waals surface area contributed by atoms with Gasteiger partial charge in [0.2, 0.25) is 0 Å². The van der Waals surface area contributed by atoms with Crippen LogP contribution in [0.15, 0.2) is 18.3 Å². The summed E-state index contributed by atoms with van der Waals surface area (Å²) in [6.45, 7) is 0. The molecular formula is C7H10IN3O. The number of hydrogen-bond acceptors (Lipinski definition) is 2. The van der Waals surface area contributed by atoms with Crippen molar-refractivity contribution in [3.05, 3.63) is 23.9 Å². The summed E-state index contributed by atoms with van der Waals surface area (Å²) in [5.41, 5.74) is 11.0. The molecule has 0 fully saturated rings. The third-order valence-electron chi connectivity index (χ3n) is 1.46. The molecule has 0 unspecified atom stereocenters. The van der Waals surface area contributed by atoms with Gasteiger partial charge in [-0.2, -0.15) is 0 Å². The minimum atomic E-state index is -0.444. The van der Waals surface area contributed by atoms with Gasteiger partial charge in [-0.25, -0.2) is 4.57 Å². The molecule has 4 nitrogen and oxygen atoms in total. The second kappa shape index (κ2) is 4.24. The van der Waals surface area contributed by atoms with Crippen molar-refractivity contribution < 1.29 is 33.3 Å². The van der Waals surface area contributed by atoms with E-state index in [0.717, 1.165) is 0 Å². The standard InChI is InChI=1S/C7H9N3O.HI/c1-10-4-5(7(9)11)2-3-6(10)8;/h2-4,8H,1H3,(H2,9,11);1H. The molecule has 0 atom stereocenters. The average Bonchev–Trinajstić information content (AvgIpc) is 1.94. The Balaban J connectivity index is 0.00000121. The number of anilines is 1. The number of pyridine rings is 1. The maximum Gasteiger partial charge on any atom is 0.272 e. The van der Waals surface area contributed by atoms with E-state index < -0.39 is 5.91 Å². The van der Waals surface area contributed by atoms with Gasteiger partial charge in [0.1, 0.15) is 6.20 Å². The lowest BCUT2D eigenvalue weighted by molar-refractivity contribution is -0.656. The first-order valence-corrected chi connectivity index (χ1v) is 3.16. The number of hydrogen-bond donors (Lipinski definition) is 2. The van der Waals surface area contributed by atoms with Crippen molar-refractivity contribution in [1.29, 1.82) is 0 Å². The van der Waals surface area contributed by atoms with Gasteiger partial charge in [-0.15, -0.1) is 0 Å². The van der Waals surface area contributed by atoms with Crippen LogP contribution in [0.5, 0.6) is 0 Å². The highest BCUT2D eigenvalue weighted by atomic mass is 127. The summed E-state index contributed by atoms with van der Waals surface area (Å²) in [5, 5.41) is 0. The Morgan fingerprint density at radius 3 is 2.50 bits per heavy atom. The van der Waals surface area contributed by atoms with Gasteiger partial charge >= 0.3 is 0 Å². The number of aromatic nitrogens is 1. The van der Waals surface area contributed by atoms with Gasteiger partial charge < -0.3 is 29.7 Å². The highest BCUT2D eigenvalue weighted by molar-refractivity contribution is 5.92. The van der Waals surface area contributed by atoms with E-state index >= 15 is 0 Å². The smallest absolute Gasteiger partial charge is 0.272 e. The van der Waals surface area contributed by atoms with Crippen LogP contribution in [0.1, 0.15) is 10.4 Å². The van der Waals surface area contributed by atoms with E-state index in [1.807, 2.05) is 0 Å². The van der Waals surface area contributed by atoms with Crippen molar-refractivity contribution in [3.63, 3.8) is 0 Å². The second-order valence-electron chi connectivity index (χ2n) is 2.32. The molecule has 5 heteroatoms. The fourth-order valence-corrected chi connectivity index (χ4v) is 0.765. The van der Waals surface area contributed by atoms with Crippen LogP contribution in [-0.4, -0.2) is 5.91 Å². The molecule has 1 amide bonds. The molecule has 0 radical (unpaired) electrons. The summed E-state index contributed by atoms with van der Waals surface area (Å²) in [6.07, 6.45) is 1.59. The van der Waals surface area contributed by atoms with Crippen molar-refractivity contribution in [2.24, 2.45) is 12.8 Å². The Bertz CT molecular complexity index is 301. The molecule has 0 saturated heterocycles. The summed E-state index contributed by atoms with van der Waals surface area (Å²) in [6, 6.07) is 3.23. The van der Waals surface area contributed by atoms with Gasteiger partial charge in [0.25, 0.3) is 11.7 Å². The summed E-state index contributed by atoms with van der Waals surface area (Å²) < 4.78 is 1.64. The first-order valence-electron chi connectivity index (χ1n) is 3.16. The lowest BCUT2D eigenvalue weighted by atomic mass is 10.2. The number of carbonyl (C=O) groups is 1. The Kier molecular flexibility index (Phi) is 3.94. The first-order chi connectivity index (χ1) is 5.11. The third kappa shape index (κ3) is 2.33. The fourth-order valence-electron chi connectivity index (χ4n) is 0.765. The maximum atomic E-state index is 10.6. The summed E-state index contributed by atoms with van der Waals surface area (Å²) in [4.78, 5) is 10.6. The summed E-state index contributed by atoms with van der Waals surface area (Å²) >= 11 is 0. The Morgan fingerprint density at radius 2 is 2.08 bits per heavy atom. The number of amides is 1. The average molecular weight is 279 g/mol. The molecule has 0 spiro atoms. The van der Waals surface area contributed by atoms with E-state index in [1.165, 1.54) is 0 Å². The molecule has 4 N–H and O–H groups in total. The predicted molar refractivity (Wildman–Crippen MR) is 40.5 cm³/mol. The third-order valence-corrected chi connectivity index (χ3v) is 1.46. The summed E-state index contributed by atoms with van der Waals surface area (Å²) in [5.74, 6) is 0.149. The number of rotatable bonds is 1. The highest BCUT2D eigenvalue weighted by Gasteiger charge is 2.04. The molecular weight excluding hydrogens is 269 g/mol. The molecule has 0 aliphatic carbocycles. The van der Waals surface area contributed by atoms with E-state index in [0.29, 0.717) is 11.4 Å². The Hall–Kier alpha value is -0.850. The van der Waals surface area contributed by atoms with Crippen LogP contribution in [0.25, 0.3) is 0 Å². The van der Waals surface area contributed by atoms with Crippen LogP contribution in [0.4, 0.5) is 5.82 Å². The minimum absolute atomic E-state index is 0. The van der Waals surface area contributed by atoms with Crippen molar-refractivity contribution >= 4 is 11.7 Å². The molecule has 12 heavy (non-hydrogen) atoms. The topological polar surface area (TPSA) is 73.0 Å². The predicted octanol–water partition coefficient (Wildman–Crippen LogP) is -3.80. The largest absolute Gasteiger partial charge is 1.00 e. The van der Waals surface area contributed by atoms with Gasteiger partial charge in [0.05, 0.1) is 12.6 Å². The fraction of sp³-hybridized carbons (Fsp3) is 0.143. The van der Waals surface area contributed by atoms with Crippen LogP contribution in [0.2, 0.25) is 0 Å². The van der Waals surface area contributed by atoms with Crippen molar-refractivity contribution in [2.45, 2.75) is 0 Å². The van der Waals surface area contributed by atoms with E-state index in [1.54, 1.807) is 29.9 Å². The molecule has 1 aromatic heterocycles. The zero-order chi connectivity index (χ0) is 8.43. The number of nitrogens with zero attached hydrogens (tertiary/aromatic N) is 1. The van der Waals surface area contributed by atoms with Crippen molar-refractivity contribution in [2.75, 3.05) is 5.73 Å². The van der Waals surface area contributed by atoms with Gasteiger partial charge in [0.15, 0.2) is 0 Å². The summed E-state index contributed by atoms with van der Waals surface area (Å²) in [7, 11) is 1.75. The second-order valence-corrected chi connectivity index (χ2v) is 2.32. The van der Waals surface area contributed by atoms with Gasteiger partial charge in [0, 0.05) is 6.07 Å². The number of nitrogen functional groups attached to an aromatic ring is 1. The lowest BCUT2D eigenvalue weighted by Gasteiger charge is -1.96. The van der Waals surface area contributed by atoms with Gasteiger partial charge in [-0.3, -0.25) is 10.5 Å². The highest BCUT2D eigenvalue weighted by Crippen LogP contribution is 1.96. The lowest BCUT2D eigenvalue weighted by Crippen LogP contribution is -3.00. The quantitative estimate of drug-likeness (QED) is 0.409. The Labute approximate surface area is 87.6 Å². The maximum absolute atomic E-state index is 10.6. The van der Waals surface area contributed by atoms with E-state index in [2.05, 4.69) is 0 Å². The molecule has 0 aliphatic rings. The molecule has 1 aromatic rings. The van der Waals surface area contributed by atoms with E-state index in [9.17, 15) is 4.79 Å². The molecule has 0 aliphatic heterocycles. The van der Waals surface area contributed by atoms with Crippen molar-refractivity contribution in [3.8, 4) is 0 Å². The van der Waals surface area contributed by atoms with Crippen LogP contribution in [-0.2, 0) is 7.05 Å². The molecule has 1 heterocycles. The molecule has 0 bridgehead atoms. The van der Waals surface area contributed by atoms with E-state index in [4.69, 9.17) is 11.5 Å². The molecule has 0 saturated carbocycles. The zero-order valence-corrected chi connectivity index (χ0v) is 8.78. The number of carbonyl (C=O) groups excluding carboxylic acids is 1. The zero-order valence-electron chi connectivity index (χ0n) is 6.62. The number of halogens is 1. The minimum Gasteiger partial charge on any atom is -1.00 e.